The van der Waals surface area contributed by atoms with Crippen LogP contribution in [0.1, 0.15) is 19.3 Å². The van der Waals surface area contributed by atoms with E-state index in [0.29, 0.717) is 17.7 Å². The molecular formula is C8H10BF3KNO2. The standard InChI is InChI=1S/C8H10BF3NO2.K/c10-9(11,12)4-13-7(14)5-2-1-3-6(5)8(13)15;/h5-6H,1-4H2;/q-1;+1. The molecule has 2 amide bonds. The van der Waals surface area contributed by atoms with Crippen LogP contribution in [0.15, 0.2) is 0 Å². The molecule has 8 heteroatoms. The van der Waals surface area contributed by atoms with E-state index in [0.717, 1.165) is 6.42 Å². The van der Waals surface area contributed by atoms with E-state index in [2.05, 4.69) is 0 Å². The summed E-state index contributed by atoms with van der Waals surface area (Å²) in [5.41, 5.74) is 0. The van der Waals surface area contributed by atoms with Gasteiger partial charge in [-0.15, -0.1) is 0 Å². The topological polar surface area (TPSA) is 37.4 Å². The van der Waals surface area contributed by atoms with E-state index in [1.165, 1.54) is 0 Å². The van der Waals surface area contributed by atoms with E-state index in [1.54, 1.807) is 0 Å². The molecule has 1 saturated heterocycles. The van der Waals surface area contributed by atoms with Gasteiger partial charge in [-0.1, -0.05) is 6.42 Å². The summed E-state index contributed by atoms with van der Waals surface area (Å²) < 4.78 is 36.4. The predicted octanol–water partition coefficient (Wildman–Crippen LogP) is -1.84. The van der Waals surface area contributed by atoms with E-state index in [4.69, 9.17) is 0 Å². The summed E-state index contributed by atoms with van der Waals surface area (Å²) in [4.78, 5) is 23.4. The molecule has 0 bridgehead atoms. The third kappa shape index (κ3) is 2.72. The van der Waals surface area contributed by atoms with Gasteiger partial charge in [0, 0.05) is 0 Å². The van der Waals surface area contributed by atoms with E-state index < -0.39 is 37.1 Å². The average molecular weight is 259 g/mol. The van der Waals surface area contributed by atoms with Gasteiger partial charge in [-0.05, 0) is 19.3 Å². The van der Waals surface area contributed by atoms with Crippen molar-refractivity contribution < 1.29 is 73.9 Å². The molecule has 1 aliphatic carbocycles. The van der Waals surface area contributed by atoms with Crippen molar-refractivity contribution in [2.45, 2.75) is 19.3 Å². The first-order valence-corrected chi connectivity index (χ1v) is 4.96. The molecule has 1 heterocycles. The summed E-state index contributed by atoms with van der Waals surface area (Å²) in [5.74, 6) is -2.20. The molecule has 84 valence electrons. The van der Waals surface area contributed by atoms with Gasteiger partial charge in [-0.2, -0.15) is 0 Å². The van der Waals surface area contributed by atoms with Crippen molar-refractivity contribution in [1.82, 2.24) is 4.90 Å². The van der Waals surface area contributed by atoms with Crippen molar-refractivity contribution in [2.75, 3.05) is 6.44 Å². The number of carbonyl (C=O) groups is 2. The number of hydrogen-bond acceptors (Lipinski definition) is 2. The number of carbonyl (C=O) groups excluding carboxylic acids is 2. The zero-order chi connectivity index (χ0) is 11.2. The van der Waals surface area contributed by atoms with Crippen molar-refractivity contribution in [3.8, 4) is 0 Å². The second-order valence-corrected chi connectivity index (χ2v) is 4.14. The second-order valence-electron chi connectivity index (χ2n) is 4.14. The summed E-state index contributed by atoms with van der Waals surface area (Å²) in [7, 11) is 0. The van der Waals surface area contributed by atoms with Crippen LogP contribution < -0.4 is 51.4 Å². The number of imide groups is 1. The molecule has 1 aliphatic heterocycles. The van der Waals surface area contributed by atoms with E-state index in [1.807, 2.05) is 0 Å². The SMILES string of the molecule is O=C1C2CCCC2C(=O)N1C[B-](F)(F)F.[K+]. The summed E-state index contributed by atoms with van der Waals surface area (Å²) in [6, 6.07) is 0. The second kappa shape index (κ2) is 5.09. The minimum atomic E-state index is -5.11. The predicted molar refractivity (Wildman–Crippen MR) is 46.6 cm³/mol. The molecule has 2 unspecified atom stereocenters. The normalized spacial score (nSPS) is 29.3. The van der Waals surface area contributed by atoms with Crippen molar-refractivity contribution in [3.05, 3.63) is 0 Å². The first-order valence-electron chi connectivity index (χ1n) is 4.96. The molecule has 0 aromatic rings. The molecule has 0 aromatic heterocycles. The van der Waals surface area contributed by atoms with Gasteiger partial charge in [0.25, 0.3) is 0 Å². The Balaban J connectivity index is 0.00000128. The first kappa shape index (κ1) is 14.7. The quantitative estimate of drug-likeness (QED) is 0.432. The Morgan fingerprint density at radius 3 is 1.94 bits per heavy atom. The number of rotatable bonds is 2. The Morgan fingerprint density at radius 1 is 1.12 bits per heavy atom. The molecule has 0 N–H and O–H groups in total. The monoisotopic (exact) mass is 259 g/mol. The van der Waals surface area contributed by atoms with Crippen LogP contribution in [0.3, 0.4) is 0 Å². The smallest absolute Gasteiger partial charge is 0.448 e. The van der Waals surface area contributed by atoms with E-state index in [9.17, 15) is 22.5 Å². The van der Waals surface area contributed by atoms with Gasteiger partial charge in [0.2, 0.25) is 11.8 Å². The largest absolute Gasteiger partial charge is 1.00 e. The van der Waals surface area contributed by atoms with Crippen LogP contribution in [0.2, 0.25) is 0 Å². The van der Waals surface area contributed by atoms with Crippen LogP contribution in [-0.4, -0.2) is 30.1 Å². The molecule has 2 rings (SSSR count). The van der Waals surface area contributed by atoms with Crippen LogP contribution >= 0.6 is 0 Å². The number of hydrogen-bond donors (Lipinski definition) is 0. The maximum absolute atomic E-state index is 12.1. The Morgan fingerprint density at radius 2 is 1.56 bits per heavy atom. The van der Waals surface area contributed by atoms with Gasteiger partial charge in [0.05, 0.1) is 11.8 Å². The first-order chi connectivity index (χ1) is 6.90. The van der Waals surface area contributed by atoms with Gasteiger partial charge >= 0.3 is 58.4 Å². The minimum absolute atomic E-state index is 0. The average Bonchev–Trinajstić information content (AvgIpc) is 2.64. The van der Waals surface area contributed by atoms with Crippen LogP contribution in [0.5, 0.6) is 0 Å². The van der Waals surface area contributed by atoms with Crippen LogP contribution in [-0.2, 0) is 9.59 Å². The molecule has 3 nitrogen and oxygen atoms in total. The Bertz CT molecular complexity index is 301. The van der Waals surface area contributed by atoms with Crippen LogP contribution in [0, 0.1) is 11.8 Å². The van der Waals surface area contributed by atoms with Gasteiger partial charge in [-0.3, -0.25) is 9.59 Å². The fourth-order valence-corrected chi connectivity index (χ4v) is 2.45. The number of nitrogens with zero attached hydrogens (tertiary/aromatic N) is 1. The fourth-order valence-electron chi connectivity index (χ4n) is 2.45. The van der Waals surface area contributed by atoms with Crippen LogP contribution in [0.25, 0.3) is 0 Å². The number of fused-ring (bicyclic) bond motifs is 1. The van der Waals surface area contributed by atoms with Crippen molar-refractivity contribution in [2.24, 2.45) is 11.8 Å². The molecular weight excluding hydrogens is 249 g/mol. The van der Waals surface area contributed by atoms with Crippen molar-refractivity contribution in [1.29, 1.82) is 0 Å². The van der Waals surface area contributed by atoms with Crippen molar-refractivity contribution in [3.63, 3.8) is 0 Å². The van der Waals surface area contributed by atoms with E-state index in [-0.39, 0.29) is 51.4 Å². The Labute approximate surface area is 134 Å². The molecule has 0 spiro atoms. The molecule has 16 heavy (non-hydrogen) atoms. The van der Waals surface area contributed by atoms with Gasteiger partial charge in [0.1, 0.15) is 0 Å². The number of likely N-dealkylation sites (tertiary alicyclic amines) is 1. The van der Waals surface area contributed by atoms with Gasteiger partial charge in [-0.25, -0.2) is 0 Å². The molecule has 2 fully saturated rings. The summed E-state index contributed by atoms with van der Waals surface area (Å²) in [5, 5.41) is 0. The van der Waals surface area contributed by atoms with E-state index >= 15 is 0 Å². The number of halogens is 3. The number of amides is 2. The summed E-state index contributed by atoms with van der Waals surface area (Å²) in [6.45, 7) is -5.11. The Kier molecular flexibility index (Phi) is 4.68. The molecule has 0 radical (unpaired) electrons. The van der Waals surface area contributed by atoms with Gasteiger partial charge in [0.15, 0.2) is 0 Å². The minimum Gasteiger partial charge on any atom is -0.448 e. The maximum atomic E-state index is 12.1. The zero-order valence-corrected chi connectivity index (χ0v) is 12.1. The van der Waals surface area contributed by atoms with Crippen LogP contribution in [0.4, 0.5) is 12.9 Å². The molecule has 0 aromatic carbocycles. The Hall–Kier alpha value is 0.631. The molecule has 2 atom stereocenters. The molecule has 1 saturated carbocycles. The zero-order valence-electron chi connectivity index (χ0n) is 8.96. The third-order valence-electron chi connectivity index (χ3n) is 3.07. The fraction of sp³-hybridized carbons (Fsp3) is 0.750. The van der Waals surface area contributed by atoms with Crippen molar-refractivity contribution >= 4 is 18.8 Å². The summed E-state index contributed by atoms with van der Waals surface area (Å²) >= 11 is 0. The summed E-state index contributed by atoms with van der Waals surface area (Å²) in [6.07, 6.45) is 0.496. The van der Waals surface area contributed by atoms with Gasteiger partial charge < -0.3 is 17.8 Å². The maximum Gasteiger partial charge on any atom is 1.00 e. The molecule has 2 aliphatic rings. The third-order valence-corrected chi connectivity index (χ3v) is 3.07.